The Bertz CT molecular complexity index is 362. The lowest BCUT2D eigenvalue weighted by Crippen LogP contribution is -2.04. The van der Waals surface area contributed by atoms with E-state index in [0.717, 1.165) is 6.07 Å². The minimum absolute atomic E-state index is 0.0139. The quantitative estimate of drug-likeness (QED) is 0.625. The van der Waals surface area contributed by atoms with E-state index in [9.17, 15) is 13.6 Å². The molecule has 1 aliphatic heterocycles. The third-order valence-electron chi connectivity index (χ3n) is 1.80. The van der Waals surface area contributed by atoms with E-state index in [4.69, 9.17) is 0 Å². The molecule has 2 rings (SSSR count). The first-order valence-corrected chi connectivity index (χ1v) is 3.45. The van der Waals surface area contributed by atoms with Crippen molar-refractivity contribution in [2.75, 3.05) is 5.32 Å². The molecule has 0 atom stereocenters. The minimum Gasteiger partial charge on any atom is -0.323 e. The van der Waals surface area contributed by atoms with Crippen LogP contribution >= 0.6 is 0 Å². The van der Waals surface area contributed by atoms with Gasteiger partial charge >= 0.3 is 0 Å². The Hall–Kier alpha value is -1.45. The maximum Gasteiger partial charge on any atom is 0.228 e. The first-order valence-electron chi connectivity index (χ1n) is 3.45. The number of carbonyl (C=O) groups excluding carboxylic acids is 1. The molecule has 2 nitrogen and oxygen atoms in total. The van der Waals surface area contributed by atoms with Crippen molar-refractivity contribution >= 4 is 11.6 Å². The van der Waals surface area contributed by atoms with E-state index in [-0.39, 0.29) is 18.0 Å². The summed E-state index contributed by atoms with van der Waals surface area (Å²) in [6.07, 6.45) is 0.131. The van der Waals surface area contributed by atoms with Crippen molar-refractivity contribution in [3.63, 3.8) is 0 Å². The Kier molecular flexibility index (Phi) is 1.36. The lowest BCUT2D eigenvalue weighted by Gasteiger charge is -1.99. The number of anilines is 1. The molecule has 0 aliphatic carbocycles. The van der Waals surface area contributed by atoms with Gasteiger partial charge in [0.1, 0.15) is 0 Å². The highest BCUT2D eigenvalue weighted by molar-refractivity contribution is 5.99. The van der Waals surface area contributed by atoms with E-state index < -0.39 is 11.6 Å². The van der Waals surface area contributed by atoms with E-state index in [1.54, 1.807) is 0 Å². The first-order chi connectivity index (χ1) is 5.68. The van der Waals surface area contributed by atoms with E-state index in [0.29, 0.717) is 5.56 Å². The highest BCUT2D eigenvalue weighted by atomic mass is 19.2. The maximum absolute atomic E-state index is 12.9. The van der Waals surface area contributed by atoms with E-state index >= 15 is 0 Å². The Morgan fingerprint density at radius 2 is 2.08 bits per heavy atom. The number of benzene rings is 1. The van der Waals surface area contributed by atoms with Gasteiger partial charge in [0.15, 0.2) is 11.6 Å². The van der Waals surface area contributed by atoms with E-state index in [1.807, 2.05) is 0 Å². The molecule has 12 heavy (non-hydrogen) atoms. The number of hydrogen-bond acceptors (Lipinski definition) is 1. The number of nitrogens with one attached hydrogen (secondary N) is 1. The molecule has 1 amide bonds. The summed E-state index contributed by atoms with van der Waals surface area (Å²) in [4.78, 5) is 10.8. The van der Waals surface area contributed by atoms with Crippen molar-refractivity contribution in [3.8, 4) is 0 Å². The zero-order valence-corrected chi connectivity index (χ0v) is 6.03. The van der Waals surface area contributed by atoms with Crippen molar-refractivity contribution in [2.24, 2.45) is 0 Å². The summed E-state index contributed by atoms with van der Waals surface area (Å²) in [5.74, 6) is -2.20. The van der Waals surface area contributed by atoms with Gasteiger partial charge in [-0.25, -0.2) is 8.78 Å². The van der Waals surface area contributed by atoms with Crippen LogP contribution in [0.3, 0.4) is 0 Å². The summed E-state index contributed by atoms with van der Waals surface area (Å²) in [6, 6.07) is 2.43. The number of carbonyl (C=O) groups is 1. The second-order valence-electron chi connectivity index (χ2n) is 2.62. The first kappa shape index (κ1) is 7.21. The molecule has 1 aliphatic rings. The van der Waals surface area contributed by atoms with Crippen LogP contribution in [0.25, 0.3) is 0 Å². The predicted molar refractivity (Wildman–Crippen MR) is 38.7 cm³/mol. The topological polar surface area (TPSA) is 29.1 Å². The fraction of sp³-hybridized carbons (Fsp3) is 0.125. The molecular weight excluding hydrogens is 164 g/mol. The van der Waals surface area contributed by atoms with Crippen LogP contribution in [-0.4, -0.2) is 5.91 Å². The standard InChI is InChI=1S/C8H5F2NO/c9-5-2-1-4-3-6(12)11-8(4)7(5)10/h1-2H,3H2,(H,11,12). The zero-order valence-electron chi connectivity index (χ0n) is 6.03. The van der Waals surface area contributed by atoms with Crippen molar-refractivity contribution in [2.45, 2.75) is 6.42 Å². The van der Waals surface area contributed by atoms with Gasteiger partial charge in [-0.1, -0.05) is 6.07 Å². The van der Waals surface area contributed by atoms with Gasteiger partial charge < -0.3 is 5.32 Å². The molecule has 0 saturated carbocycles. The fourth-order valence-corrected chi connectivity index (χ4v) is 1.23. The van der Waals surface area contributed by atoms with Crippen LogP contribution in [0, 0.1) is 11.6 Å². The second-order valence-corrected chi connectivity index (χ2v) is 2.62. The minimum atomic E-state index is -0.974. The summed E-state index contributed by atoms with van der Waals surface area (Å²) < 4.78 is 25.5. The maximum atomic E-state index is 12.9. The number of rotatable bonds is 0. The second kappa shape index (κ2) is 2.27. The van der Waals surface area contributed by atoms with Crippen LogP contribution in [0.15, 0.2) is 12.1 Å². The Labute approximate surface area is 67.2 Å². The third kappa shape index (κ3) is 0.879. The Morgan fingerprint density at radius 3 is 2.83 bits per heavy atom. The van der Waals surface area contributed by atoms with Gasteiger partial charge in [-0.2, -0.15) is 0 Å². The number of halogens is 2. The summed E-state index contributed by atoms with van der Waals surface area (Å²) in [6.45, 7) is 0. The van der Waals surface area contributed by atoms with Gasteiger partial charge in [0.2, 0.25) is 5.91 Å². The normalized spacial score (nSPS) is 14.3. The number of amides is 1. The van der Waals surface area contributed by atoms with Crippen LogP contribution in [-0.2, 0) is 11.2 Å². The summed E-state index contributed by atoms with van der Waals surface area (Å²) in [7, 11) is 0. The third-order valence-corrected chi connectivity index (χ3v) is 1.80. The molecule has 0 bridgehead atoms. The van der Waals surface area contributed by atoms with Gasteiger partial charge in [-0.3, -0.25) is 4.79 Å². The monoisotopic (exact) mass is 169 g/mol. The van der Waals surface area contributed by atoms with Gasteiger partial charge in [0.25, 0.3) is 0 Å². The van der Waals surface area contributed by atoms with Gasteiger partial charge in [0, 0.05) is 0 Å². The smallest absolute Gasteiger partial charge is 0.228 e. The highest BCUT2D eigenvalue weighted by Crippen LogP contribution is 2.27. The van der Waals surface area contributed by atoms with Crippen LogP contribution in [0.4, 0.5) is 14.5 Å². The SMILES string of the molecule is O=C1Cc2ccc(F)c(F)c2N1. The van der Waals surface area contributed by atoms with Crippen molar-refractivity contribution in [3.05, 3.63) is 29.3 Å². The molecule has 0 aromatic heterocycles. The van der Waals surface area contributed by atoms with Crippen LogP contribution in [0.1, 0.15) is 5.56 Å². The molecule has 0 radical (unpaired) electrons. The molecule has 0 unspecified atom stereocenters. The van der Waals surface area contributed by atoms with Crippen LogP contribution in [0.5, 0.6) is 0 Å². The van der Waals surface area contributed by atoms with Crippen LogP contribution < -0.4 is 5.32 Å². The zero-order chi connectivity index (χ0) is 8.72. The van der Waals surface area contributed by atoms with Gasteiger partial charge in [-0.15, -0.1) is 0 Å². The summed E-state index contributed by atoms with van der Waals surface area (Å²) >= 11 is 0. The molecule has 4 heteroatoms. The molecular formula is C8H5F2NO. The average Bonchev–Trinajstić information content (AvgIpc) is 2.39. The molecule has 0 spiro atoms. The molecule has 1 aromatic rings. The fourth-order valence-electron chi connectivity index (χ4n) is 1.23. The average molecular weight is 169 g/mol. The molecule has 62 valence electrons. The lowest BCUT2D eigenvalue weighted by atomic mass is 10.1. The molecule has 1 N–H and O–H groups in total. The lowest BCUT2D eigenvalue weighted by molar-refractivity contribution is -0.115. The number of fused-ring (bicyclic) bond motifs is 1. The van der Waals surface area contributed by atoms with Crippen molar-refractivity contribution in [1.29, 1.82) is 0 Å². The van der Waals surface area contributed by atoms with Gasteiger partial charge in [-0.05, 0) is 11.6 Å². The van der Waals surface area contributed by atoms with E-state index in [2.05, 4.69) is 5.32 Å². The molecule has 1 heterocycles. The van der Waals surface area contributed by atoms with Crippen molar-refractivity contribution in [1.82, 2.24) is 0 Å². The summed E-state index contributed by atoms with van der Waals surface area (Å²) in [5, 5.41) is 2.25. The van der Waals surface area contributed by atoms with Crippen LogP contribution in [0.2, 0.25) is 0 Å². The summed E-state index contributed by atoms with van der Waals surface area (Å²) in [5.41, 5.74) is 0.499. The van der Waals surface area contributed by atoms with Gasteiger partial charge in [0.05, 0.1) is 12.1 Å². The van der Waals surface area contributed by atoms with E-state index in [1.165, 1.54) is 6.07 Å². The largest absolute Gasteiger partial charge is 0.323 e. The van der Waals surface area contributed by atoms with Crippen molar-refractivity contribution < 1.29 is 13.6 Å². The molecule has 1 aromatic carbocycles. The Balaban J connectivity index is 2.61. The molecule has 0 saturated heterocycles. The predicted octanol–water partition coefficient (Wildman–Crippen LogP) is 1.46. The Morgan fingerprint density at radius 1 is 1.33 bits per heavy atom. The molecule has 0 fully saturated rings. The number of hydrogen-bond donors (Lipinski definition) is 1. The highest BCUT2D eigenvalue weighted by Gasteiger charge is 2.22.